The molecular weight excluding hydrogens is 225 g/mol. The van der Waals surface area contributed by atoms with Crippen LogP contribution in [-0.2, 0) is 4.65 Å². The smallest absolute Gasteiger partial charge is 0.315 e. The molecule has 1 fully saturated rings. The summed E-state index contributed by atoms with van der Waals surface area (Å²) in [6.45, 7) is 2.42. The van der Waals surface area contributed by atoms with Crippen molar-refractivity contribution in [3.05, 3.63) is 35.9 Å². The predicted molar refractivity (Wildman–Crippen MR) is 75.2 cm³/mol. The molecule has 1 aliphatic heterocycles. The Bertz CT molecular complexity index is 387. The van der Waals surface area contributed by atoms with Crippen molar-refractivity contribution < 1.29 is 9.68 Å². The summed E-state index contributed by atoms with van der Waals surface area (Å²) in [5, 5.41) is 10.7. The molecule has 3 atom stereocenters. The van der Waals surface area contributed by atoms with Crippen molar-refractivity contribution in [2.24, 2.45) is 0 Å². The number of likely N-dealkylation sites (N-methyl/N-ethyl adjacent to an activating group) is 1. The van der Waals surface area contributed by atoms with Crippen LogP contribution in [0, 0.1) is 0 Å². The monoisotopic (exact) mass is 248 g/mol. The molecule has 3 unspecified atom stereocenters. The van der Waals surface area contributed by atoms with Gasteiger partial charge in [-0.3, -0.25) is 0 Å². The summed E-state index contributed by atoms with van der Waals surface area (Å²) in [5.74, 6) is 0. The molecule has 0 amide bonds. The standard InChI is InChI=1S/C14H23BNO2/c1-4-5-11-15(17)16(3)12(2)14(18-15)13-9-7-6-8-10-13/h6-10,12,14,17H,4-5,11H2,1-3H3/q-1. The summed E-state index contributed by atoms with van der Waals surface area (Å²) < 4.78 is 6.01. The minimum absolute atomic E-state index is 0.0296. The lowest BCUT2D eigenvalue weighted by atomic mass is 9.65. The van der Waals surface area contributed by atoms with Crippen LogP contribution in [0.4, 0.5) is 0 Å². The number of hydrogen-bond acceptors (Lipinski definition) is 3. The molecule has 18 heavy (non-hydrogen) atoms. The molecule has 0 spiro atoms. The van der Waals surface area contributed by atoms with Crippen LogP contribution in [0.5, 0.6) is 0 Å². The molecule has 1 aromatic carbocycles. The third-order valence-corrected chi connectivity index (χ3v) is 4.14. The summed E-state index contributed by atoms with van der Waals surface area (Å²) in [6, 6.07) is 10.4. The second kappa shape index (κ2) is 5.43. The van der Waals surface area contributed by atoms with Crippen LogP contribution in [0.25, 0.3) is 0 Å². The lowest BCUT2D eigenvalue weighted by Crippen LogP contribution is -2.50. The minimum Gasteiger partial charge on any atom is -0.570 e. The predicted octanol–water partition coefficient (Wildman–Crippen LogP) is 2.81. The molecule has 0 saturated carbocycles. The lowest BCUT2D eigenvalue weighted by molar-refractivity contribution is 0.174. The molecule has 0 aliphatic carbocycles. The quantitative estimate of drug-likeness (QED) is 0.831. The summed E-state index contributed by atoms with van der Waals surface area (Å²) in [7, 11) is 1.96. The number of nitrogens with zero attached hydrogens (tertiary/aromatic N) is 1. The van der Waals surface area contributed by atoms with Gasteiger partial charge in [0.1, 0.15) is 0 Å². The maximum Gasteiger partial charge on any atom is 0.315 e. The van der Waals surface area contributed by atoms with Crippen LogP contribution in [0.2, 0.25) is 6.32 Å². The summed E-state index contributed by atoms with van der Waals surface area (Å²) in [5.41, 5.74) is 1.14. The third kappa shape index (κ3) is 2.46. The molecule has 1 N–H and O–H groups in total. The van der Waals surface area contributed by atoms with E-state index in [0.717, 1.165) is 24.7 Å². The van der Waals surface area contributed by atoms with E-state index < -0.39 is 6.69 Å². The fourth-order valence-corrected chi connectivity index (χ4v) is 2.77. The Kier molecular flexibility index (Phi) is 4.10. The third-order valence-electron chi connectivity index (χ3n) is 4.14. The summed E-state index contributed by atoms with van der Waals surface area (Å²) >= 11 is 0. The Morgan fingerprint density at radius 1 is 1.33 bits per heavy atom. The van der Waals surface area contributed by atoms with Crippen molar-refractivity contribution in [1.29, 1.82) is 0 Å². The Balaban J connectivity index is 2.16. The molecule has 0 radical (unpaired) electrons. The first-order chi connectivity index (χ1) is 8.58. The van der Waals surface area contributed by atoms with E-state index in [9.17, 15) is 5.02 Å². The Labute approximate surface area is 110 Å². The van der Waals surface area contributed by atoms with Crippen molar-refractivity contribution in [1.82, 2.24) is 4.81 Å². The highest BCUT2D eigenvalue weighted by Gasteiger charge is 2.42. The fourth-order valence-electron chi connectivity index (χ4n) is 2.77. The fraction of sp³-hybridized carbons (Fsp3) is 0.571. The van der Waals surface area contributed by atoms with E-state index in [4.69, 9.17) is 4.65 Å². The number of unbranched alkanes of at least 4 members (excludes halogenated alkanes) is 1. The number of rotatable bonds is 4. The Morgan fingerprint density at radius 3 is 2.61 bits per heavy atom. The molecule has 1 heterocycles. The van der Waals surface area contributed by atoms with E-state index in [0.29, 0.717) is 0 Å². The zero-order valence-electron chi connectivity index (χ0n) is 11.5. The lowest BCUT2D eigenvalue weighted by Gasteiger charge is -2.37. The van der Waals surface area contributed by atoms with Crippen molar-refractivity contribution >= 4 is 6.69 Å². The molecular formula is C14H23BNO2-. The van der Waals surface area contributed by atoms with Crippen molar-refractivity contribution in [3.63, 3.8) is 0 Å². The van der Waals surface area contributed by atoms with Crippen molar-refractivity contribution in [2.75, 3.05) is 7.05 Å². The van der Waals surface area contributed by atoms with Gasteiger partial charge in [0.05, 0.1) is 6.10 Å². The average molecular weight is 248 g/mol. The zero-order valence-corrected chi connectivity index (χ0v) is 11.5. The first-order valence-electron chi connectivity index (χ1n) is 6.92. The van der Waals surface area contributed by atoms with Gasteiger partial charge in [-0.15, -0.1) is 6.32 Å². The van der Waals surface area contributed by atoms with Crippen LogP contribution < -0.4 is 0 Å². The highest BCUT2D eigenvalue weighted by molar-refractivity contribution is 6.63. The number of hydrogen-bond donors (Lipinski definition) is 1. The van der Waals surface area contributed by atoms with Gasteiger partial charge in [0.15, 0.2) is 0 Å². The van der Waals surface area contributed by atoms with E-state index in [1.54, 1.807) is 0 Å². The number of benzene rings is 1. The van der Waals surface area contributed by atoms with Gasteiger partial charge in [-0.25, -0.2) is 0 Å². The minimum atomic E-state index is -1.82. The topological polar surface area (TPSA) is 32.7 Å². The average Bonchev–Trinajstić information content (AvgIpc) is 2.63. The molecule has 1 aromatic rings. The van der Waals surface area contributed by atoms with Gasteiger partial charge in [-0.1, -0.05) is 50.1 Å². The molecule has 100 valence electrons. The second-order valence-corrected chi connectivity index (χ2v) is 5.37. The van der Waals surface area contributed by atoms with Gasteiger partial charge in [-0.2, -0.15) is 0 Å². The first-order valence-corrected chi connectivity index (χ1v) is 6.92. The van der Waals surface area contributed by atoms with Crippen LogP contribution in [0.15, 0.2) is 30.3 Å². The van der Waals surface area contributed by atoms with Crippen LogP contribution >= 0.6 is 0 Å². The maximum absolute atomic E-state index is 10.7. The SMILES string of the molecule is CCCC[B-]1(O)OC(c2ccccc2)C(C)N1C. The molecule has 0 aromatic heterocycles. The Morgan fingerprint density at radius 2 is 2.00 bits per heavy atom. The molecule has 2 rings (SSSR count). The Hall–Kier alpha value is -0.835. The van der Waals surface area contributed by atoms with E-state index >= 15 is 0 Å². The van der Waals surface area contributed by atoms with Gasteiger partial charge in [-0.05, 0) is 19.5 Å². The van der Waals surface area contributed by atoms with Crippen LogP contribution in [-0.4, -0.2) is 29.6 Å². The van der Waals surface area contributed by atoms with Crippen molar-refractivity contribution in [2.45, 2.75) is 45.2 Å². The normalized spacial score (nSPS) is 32.9. The van der Waals surface area contributed by atoms with E-state index in [-0.39, 0.29) is 12.1 Å². The second-order valence-electron chi connectivity index (χ2n) is 5.37. The largest absolute Gasteiger partial charge is 0.570 e. The van der Waals surface area contributed by atoms with E-state index in [1.165, 1.54) is 0 Å². The van der Waals surface area contributed by atoms with Crippen LogP contribution in [0.1, 0.15) is 38.4 Å². The zero-order chi connectivity index (χ0) is 13.2. The van der Waals surface area contributed by atoms with E-state index in [1.807, 2.05) is 30.1 Å². The molecule has 3 nitrogen and oxygen atoms in total. The highest BCUT2D eigenvalue weighted by Crippen LogP contribution is 2.38. The molecule has 4 heteroatoms. The summed E-state index contributed by atoms with van der Waals surface area (Å²) in [4.78, 5) is 2.01. The molecule has 1 aliphatic rings. The van der Waals surface area contributed by atoms with E-state index in [2.05, 4.69) is 26.0 Å². The molecule has 1 saturated heterocycles. The highest BCUT2D eigenvalue weighted by atomic mass is 16.6. The van der Waals surface area contributed by atoms with Gasteiger partial charge in [0.25, 0.3) is 0 Å². The van der Waals surface area contributed by atoms with Crippen LogP contribution in [0.3, 0.4) is 0 Å². The van der Waals surface area contributed by atoms with Crippen molar-refractivity contribution in [3.8, 4) is 0 Å². The van der Waals surface area contributed by atoms with Gasteiger partial charge in [0.2, 0.25) is 0 Å². The van der Waals surface area contributed by atoms with Gasteiger partial charge >= 0.3 is 6.69 Å². The molecule has 0 bridgehead atoms. The maximum atomic E-state index is 10.7. The summed E-state index contributed by atoms with van der Waals surface area (Å²) in [6.07, 6.45) is 2.76. The van der Waals surface area contributed by atoms with Gasteiger partial charge < -0.3 is 14.5 Å². The first kappa shape index (κ1) is 13.6. The van der Waals surface area contributed by atoms with Gasteiger partial charge in [0, 0.05) is 6.04 Å².